The summed E-state index contributed by atoms with van der Waals surface area (Å²) < 4.78 is 5.01. The van der Waals surface area contributed by atoms with Crippen molar-refractivity contribution >= 4 is 0 Å². The van der Waals surface area contributed by atoms with E-state index in [2.05, 4.69) is 19.7 Å². The summed E-state index contributed by atoms with van der Waals surface area (Å²) in [5, 5.41) is 8.74. The van der Waals surface area contributed by atoms with Gasteiger partial charge in [0.1, 0.15) is 11.6 Å². The van der Waals surface area contributed by atoms with E-state index in [-0.39, 0.29) is 11.2 Å². The molecule has 8 heteroatoms. The molecule has 2 aromatic rings. The number of likely N-dealkylation sites (tertiary alicyclic amines) is 1. The maximum Gasteiger partial charge on any atom is 0.330 e. The van der Waals surface area contributed by atoms with Crippen LogP contribution in [0.15, 0.2) is 15.7 Å². The zero-order chi connectivity index (χ0) is 17.6. The first kappa shape index (κ1) is 16.3. The predicted octanol–water partition coefficient (Wildman–Crippen LogP) is 0.00130. The van der Waals surface area contributed by atoms with Gasteiger partial charge in [-0.3, -0.25) is 18.8 Å². The fourth-order valence-electron chi connectivity index (χ4n) is 3.98. The second kappa shape index (κ2) is 6.25. The molecule has 0 spiro atoms. The maximum absolute atomic E-state index is 12.1. The fourth-order valence-corrected chi connectivity index (χ4v) is 3.98. The minimum Gasteiger partial charge on any atom is -0.315 e. The normalized spacial score (nSPS) is 18.6. The third kappa shape index (κ3) is 2.84. The Morgan fingerprint density at radius 3 is 2.60 bits per heavy atom. The monoisotopic (exact) mass is 344 g/mol. The van der Waals surface area contributed by atoms with E-state index in [1.807, 2.05) is 0 Å². The average Bonchev–Trinajstić information content (AvgIpc) is 3.22. The number of hydrogen-bond acceptors (Lipinski definition) is 5. The molecule has 0 saturated carbocycles. The van der Waals surface area contributed by atoms with Gasteiger partial charge in [-0.25, -0.2) is 4.79 Å². The van der Waals surface area contributed by atoms with E-state index in [1.165, 1.54) is 13.5 Å². The molecule has 2 aromatic heterocycles. The van der Waals surface area contributed by atoms with Crippen LogP contribution in [0.25, 0.3) is 0 Å². The highest BCUT2D eigenvalue weighted by molar-refractivity contribution is 5.08. The predicted molar refractivity (Wildman–Crippen MR) is 92.5 cm³/mol. The quantitative estimate of drug-likeness (QED) is 0.783. The van der Waals surface area contributed by atoms with Crippen LogP contribution in [0.4, 0.5) is 0 Å². The van der Waals surface area contributed by atoms with Crippen LogP contribution in [0.5, 0.6) is 0 Å². The molecule has 4 rings (SSSR count). The van der Waals surface area contributed by atoms with E-state index >= 15 is 0 Å². The smallest absolute Gasteiger partial charge is 0.315 e. The van der Waals surface area contributed by atoms with Gasteiger partial charge < -0.3 is 4.57 Å². The summed E-state index contributed by atoms with van der Waals surface area (Å²) >= 11 is 0. The Kier molecular flexibility index (Phi) is 4.07. The van der Waals surface area contributed by atoms with Crippen LogP contribution in [0.2, 0.25) is 0 Å². The van der Waals surface area contributed by atoms with E-state index in [9.17, 15) is 9.59 Å². The molecule has 1 fully saturated rings. The van der Waals surface area contributed by atoms with E-state index in [4.69, 9.17) is 0 Å². The molecule has 0 unspecified atom stereocenters. The lowest BCUT2D eigenvalue weighted by Gasteiger charge is -2.31. The van der Waals surface area contributed by atoms with E-state index < -0.39 is 0 Å². The van der Waals surface area contributed by atoms with Crippen LogP contribution in [0, 0.1) is 0 Å². The molecule has 0 bridgehead atoms. The summed E-state index contributed by atoms with van der Waals surface area (Å²) in [6.45, 7) is 3.56. The minimum atomic E-state index is -0.267. The number of fused-ring (bicyclic) bond motifs is 1. The Labute approximate surface area is 145 Å². The molecule has 0 amide bonds. The van der Waals surface area contributed by atoms with Crippen molar-refractivity contribution in [3.63, 3.8) is 0 Å². The molecular formula is C17H24N6O2. The first-order valence-corrected chi connectivity index (χ1v) is 8.95. The number of nitrogens with zero attached hydrogens (tertiary/aromatic N) is 6. The SMILES string of the molecule is Cn1c(CN2CCC(c3nnc4n3CCC4)CC2)cc(=O)n(C)c1=O. The summed E-state index contributed by atoms with van der Waals surface area (Å²) in [5.74, 6) is 2.74. The first-order valence-electron chi connectivity index (χ1n) is 8.95. The van der Waals surface area contributed by atoms with Crippen LogP contribution in [-0.4, -0.2) is 41.9 Å². The highest BCUT2D eigenvalue weighted by atomic mass is 16.2. The van der Waals surface area contributed by atoms with Gasteiger partial charge in [0.15, 0.2) is 0 Å². The topological polar surface area (TPSA) is 78.0 Å². The molecule has 8 nitrogen and oxygen atoms in total. The molecule has 134 valence electrons. The largest absolute Gasteiger partial charge is 0.330 e. The van der Waals surface area contributed by atoms with Crippen molar-refractivity contribution in [1.29, 1.82) is 0 Å². The average molecular weight is 344 g/mol. The standard InChI is InChI=1S/C17H24N6O2/c1-20-13(10-15(24)21(2)17(20)25)11-22-8-5-12(6-9-22)16-19-18-14-4-3-7-23(14)16/h10,12H,3-9,11H2,1-2H3. The second-order valence-corrected chi connectivity index (χ2v) is 7.15. The lowest BCUT2D eigenvalue weighted by atomic mass is 9.96. The number of hydrogen-bond donors (Lipinski definition) is 0. The number of rotatable bonds is 3. The molecule has 2 aliphatic heterocycles. The zero-order valence-electron chi connectivity index (χ0n) is 14.8. The van der Waals surface area contributed by atoms with Gasteiger partial charge in [0.05, 0.1) is 0 Å². The first-order chi connectivity index (χ1) is 12.0. The summed E-state index contributed by atoms with van der Waals surface area (Å²) in [4.78, 5) is 26.3. The molecule has 0 aromatic carbocycles. The van der Waals surface area contributed by atoms with Crippen LogP contribution >= 0.6 is 0 Å². The highest BCUT2D eigenvalue weighted by Gasteiger charge is 2.28. The van der Waals surface area contributed by atoms with Gasteiger partial charge in [-0.2, -0.15) is 0 Å². The molecule has 25 heavy (non-hydrogen) atoms. The lowest BCUT2D eigenvalue weighted by molar-refractivity contribution is 0.195. The third-order valence-electron chi connectivity index (χ3n) is 5.60. The summed E-state index contributed by atoms with van der Waals surface area (Å²) in [7, 11) is 3.24. The van der Waals surface area contributed by atoms with Crippen LogP contribution in [0.1, 0.15) is 42.5 Å². The number of piperidine rings is 1. The lowest BCUT2D eigenvalue weighted by Crippen LogP contribution is -2.40. The van der Waals surface area contributed by atoms with Gasteiger partial charge in [0.2, 0.25) is 0 Å². The van der Waals surface area contributed by atoms with Crippen molar-refractivity contribution in [3.8, 4) is 0 Å². The molecule has 0 aliphatic carbocycles. The zero-order valence-corrected chi connectivity index (χ0v) is 14.8. The van der Waals surface area contributed by atoms with Crippen molar-refractivity contribution in [1.82, 2.24) is 28.8 Å². The highest BCUT2D eigenvalue weighted by Crippen LogP contribution is 2.29. The van der Waals surface area contributed by atoms with Crippen molar-refractivity contribution < 1.29 is 0 Å². The van der Waals surface area contributed by atoms with Gasteiger partial charge in [-0.05, 0) is 32.4 Å². The Hall–Kier alpha value is -2.22. The molecule has 2 aliphatic rings. The fraction of sp³-hybridized carbons (Fsp3) is 0.647. The van der Waals surface area contributed by atoms with Crippen molar-refractivity contribution in [2.45, 2.75) is 44.7 Å². The summed E-state index contributed by atoms with van der Waals surface area (Å²) in [5.41, 5.74) is 0.262. The molecule has 1 saturated heterocycles. The van der Waals surface area contributed by atoms with Gasteiger partial charge in [-0.15, -0.1) is 10.2 Å². The number of aryl methyl sites for hydroxylation is 1. The molecule has 0 radical (unpaired) electrons. The van der Waals surface area contributed by atoms with Gasteiger partial charge >= 0.3 is 5.69 Å². The third-order valence-corrected chi connectivity index (χ3v) is 5.60. The van der Waals surface area contributed by atoms with Gasteiger partial charge in [0, 0.05) is 51.3 Å². The Balaban J connectivity index is 1.44. The molecular weight excluding hydrogens is 320 g/mol. The van der Waals surface area contributed by atoms with Gasteiger partial charge in [-0.1, -0.05) is 0 Å². The maximum atomic E-state index is 12.1. The van der Waals surface area contributed by atoms with Crippen molar-refractivity contribution in [2.75, 3.05) is 13.1 Å². The second-order valence-electron chi connectivity index (χ2n) is 7.15. The van der Waals surface area contributed by atoms with E-state index in [1.54, 1.807) is 17.7 Å². The molecule has 4 heterocycles. The Bertz CT molecular complexity index is 901. The van der Waals surface area contributed by atoms with Gasteiger partial charge in [0.25, 0.3) is 5.56 Å². The Morgan fingerprint density at radius 2 is 1.84 bits per heavy atom. The summed E-state index contributed by atoms with van der Waals surface area (Å²) in [6.07, 6.45) is 4.30. The van der Waals surface area contributed by atoms with Crippen LogP contribution in [0.3, 0.4) is 0 Å². The minimum absolute atomic E-state index is 0.244. The summed E-state index contributed by atoms with van der Waals surface area (Å²) in [6, 6.07) is 1.57. The van der Waals surface area contributed by atoms with Crippen LogP contribution in [-0.2, 0) is 33.6 Å². The van der Waals surface area contributed by atoms with Crippen LogP contribution < -0.4 is 11.2 Å². The van der Waals surface area contributed by atoms with Crippen molar-refractivity contribution in [3.05, 3.63) is 44.2 Å². The van der Waals surface area contributed by atoms with E-state index in [0.29, 0.717) is 12.5 Å². The molecule has 0 atom stereocenters. The number of aromatic nitrogens is 5. The molecule has 0 N–H and O–H groups in total. The Morgan fingerprint density at radius 1 is 1.08 bits per heavy atom. The van der Waals surface area contributed by atoms with E-state index in [0.717, 1.165) is 60.8 Å². The van der Waals surface area contributed by atoms with Crippen molar-refractivity contribution in [2.24, 2.45) is 14.1 Å².